The molecule has 2 aliphatic rings. The number of likely N-dealkylation sites (tertiary alicyclic amines) is 1. The molecule has 23 heavy (non-hydrogen) atoms. The number of amides is 2. The Bertz CT molecular complexity index is 604. The van der Waals surface area contributed by atoms with Crippen LogP contribution in [0.1, 0.15) is 36.3 Å². The van der Waals surface area contributed by atoms with E-state index in [1.54, 1.807) is 0 Å². The molecule has 3 rings (SSSR count). The lowest BCUT2D eigenvalue weighted by Crippen LogP contribution is -2.45. The zero-order valence-electron chi connectivity index (χ0n) is 13.3. The Morgan fingerprint density at radius 1 is 1.35 bits per heavy atom. The molecule has 0 saturated carbocycles. The summed E-state index contributed by atoms with van der Waals surface area (Å²) in [6, 6.07) is 0. The van der Waals surface area contributed by atoms with Crippen LogP contribution in [0.15, 0.2) is 6.20 Å². The summed E-state index contributed by atoms with van der Waals surface area (Å²) in [5, 5.41) is 2.93. The van der Waals surface area contributed by atoms with Gasteiger partial charge in [0.1, 0.15) is 5.82 Å². The average molecular weight is 317 g/mol. The maximum Gasteiger partial charge on any atom is 0.231 e. The molecule has 1 atom stereocenters. The molecular formula is C16H23N5O2. The minimum atomic E-state index is -0.349. The van der Waals surface area contributed by atoms with Crippen molar-refractivity contribution in [1.29, 1.82) is 0 Å². The predicted molar refractivity (Wildman–Crippen MR) is 84.3 cm³/mol. The van der Waals surface area contributed by atoms with Gasteiger partial charge in [-0.1, -0.05) is 0 Å². The van der Waals surface area contributed by atoms with Crippen LogP contribution in [0.3, 0.4) is 0 Å². The Hall–Kier alpha value is -2.02. The largest absolute Gasteiger partial charge is 0.369 e. The zero-order valence-corrected chi connectivity index (χ0v) is 13.3. The number of aryl methyl sites for hydroxylation is 2. The lowest BCUT2D eigenvalue weighted by atomic mass is 9.97. The molecule has 0 bridgehead atoms. The number of carbonyl (C=O) groups excluding carboxylic acids is 2. The van der Waals surface area contributed by atoms with Gasteiger partial charge in [-0.3, -0.25) is 14.5 Å². The van der Waals surface area contributed by atoms with Crippen LogP contribution < -0.4 is 11.1 Å². The first-order valence-corrected chi connectivity index (χ1v) is 8.24. The van der Waals surface area contributed by atoms with Crippen molar-refractivity contribution in [2.24, 2.45) is 11.7 Å². The zero-order chi connectivity index (χ0) is 16.2. The first kappa shape index (κ1) is 15.9. The van der Waals surface area contributed by atoms with E-state index < -0.39 is 0 Å². The molecule has 1 saturated heterocycles. The van der Waals surface area contributed by atoms with Gasteiger partial charge in [0.15, 0.2) is 0 Å². The minimum Gasteiger partial charge on any atom is -0.369 e. The van der Waals surface area contributed by atoms with Gasteiger partial charge < -0.3 is 11.1 Å². The monoisotopic (exact) mass is 317 g/mol. The molecule has 124 valence electrons. The van der Waals surface area contributed by atoms with Crippen LogP contribution in [-0.4, -0.2) is 46.3 Å². The van der Waals surface area contributed by atoms with E-state index in [1.807, 2.05) is 11.1 Å². The standard InChI is InChI=1S/C16H23N5O2/c17-14(22)10-21-6-2-4-12(9-21)16(23)19-8-15-18-7-11-3-1-5-13(11)20-15/h7,12H,1-6,8-10H2,(H2,17,22)(H,19,23)/t12-/m0/s1. The van der Waals surface area contributed by atoms with E-state index in [4.69, 9.17) is 5.73 Å². The van der Waals surface area contributed by atoms with Gasteiger partial charge in [0.25, 0.3) is 0 Å². The number of hydrogen-bond donors (Lipinski definition) is 2. The fraction of sp³-hybridized carbons (Fsp3) is 0.625. The summed E-state index contributed by atoms with van der Waals surface area (Å²) >= 11 is 0. The number of aromatic nitrogens is 2. The van der Waals surface area contributed by atoms with E-state index in [-0.39, 0.29) is 24.3 Å². The predicted octanol–water partition coefficient (Wildman–Crippen LogP) is -0.221. The third kappa shape index (κ3) is 4.04. The molecule has 1 aliphatic heterocycles. The molecule has 0 radical (unpaired) electrons. The summed E-state index contributed by atoms with van der Waals surface area (Å²) < 4.78 is 0. The second kappa shape index (κ2) is 7.04. The number of primary amides is 1. The van der Waals surface area contributed by atoms with Gasteiger partial charge in [0, 0.05) is 18.4 Å². The number of fused-ring (bicyclic) bond motifs is 1. The van der Waals surface area contributed by atoms with Crippen LogP contribution in [-0.2, 0) is 29.0 Å². The highest BCUT2D eigenvalue weighted by Crippen LogP contribution is 2.19. The number of nitrogens with one attached hydrogen (secondary N) is 1. The van der Waals surface area contributed by atoms with Gasteiger partial charge in [-0.15, -0.1) is 0 Å². The molecule has 1 aromatic heterocycles. The summed E-state index contributed by atoms with van der Waals surface area (Å²) in [7, 11) is 0. The number of rotatable bonds is 5. The molecule has 3 N–H and O–H groups in total. The Balaban J connectivity index is 1.51. The Labute approximate surface area is 135 Å². The summed E-state index contributed by atoms with van der Waals surface area (Å²) in [6.07, 6.45) is 6.82. The number of nitrogens with two attached hydrogens (primary N) is 1. The summed E-state index contributed by atoms with van der Waals surface area (Å²) in [5.41, 5.74) is 7.58. The molecule has 2 amide bonds. The maximum absolute atomic E-state index is 12.3. The first-order valence-electron chi connectivity index (χ1n) is 8.24. The van der Waals surface area contributed by atoms with Gasteiger partial charge in [-0.2, -0.15) is 0 Å². The molecule has 7 heteroatoms. The molecule has 0 aromatic carbocycles. The van der Waals surface area contributed by atoms with Gasteiger partial charge in [0.05, 0.1) is 19.0 Å². The highest BCUT2D eigenvalue weighted by atomic mass is 16.2. The smallest absolute Gasteiger partial charge is 0.231 e. The van der Waals surface area contributed by atoms with E-state index in [9.17, 15) is 9.59 Å². The molecule has 1 aliphatic carbocycles. The van der Waals surface area contributed by atoms with Crippen molar-refractivity contribution in [3.8, 4) is 0 Å². The third-order valence-corrected chi connectivity index (χ3v) is 4.54. The number of hydrogen-bond acceptors (Lipinski definition) is 5. The van der Waals surface area contributed by atoms with E-state index in [0.29, 0.717) is 18.9 Å². The molecule has 0 unspecified atom stereocenters. The summed E-state index contributed by atoms with van der Waals surface area (Å²) in [5.74, 6) is 0.224. The normalized spacial score (nSPS) is 21.0. The highest BCUT2D eigenvalue weighted by molar-refractivity contribution is 5.79. The topological polar surface area (TPSA) is 101 Å². The Morgan fingerprint density at radius 2 is 2.22 bits per heavy atom. The van der Waals surface area contributed by atoms with E-state index in [1.165, 1.54) is 5.56 Å². The van der Waals surface area contributed by atoms with Crippen LogP contribution in [0.2, 0.25) is 0 Å². The Kier molecular flexibility index (Phi) is 4.85. The van der Waals surface area contributed by atoms with Crippen molar-refractivity contribution in [1.82, 2.24) is 20.2 Å². The minimum absolute atomic E-state index is 0.00303. The van der Waals surface area contributed by atoms with Crippen molar-refractivity contribution >= 4 is 11.8 Å². The number of piperidine rings is 1. The van der Waals surface area contributed by atoms with Crippen molar-refractivity contribution < 1.29 is 9.59 Å². The van der Waals surface area contributed by atoms with Crippen LogP contribution >= 0.6 is 0 Å². The van der Waals surface area contributed by atoms with Gasteiger partial charge in [-0.05, 0) is 44.2 Å². The van der Waals surface area contributed by atoms with Gasteiger partial charge >= 0.3 is 0 Å². The molecular weight excluding hydrogens is 294 g/mol. The van der Waals surface area contributed by atoms with E-state index in [0.717, 1.165) is 44.3 Å². The van der Waals surface area contributed by atoms with E-state index >= 15 is 0 Å². The van der Waals surface area contributed by atoms with Crippen molar-refractivity contribution in [2.45, 2.75) is 38.6 Å². The first-order chi connectivity index (χ1) is 11.1. The maximum atomic E-state index is 12.3. The fourth-order valence-electron chi connectivity index (χ4n) is 3.38. The van der Waals surface area contributed by atoms with Crippen LogP contribution in [0.4, 0.5) is 0 Å². The molecule has 1 aromatic rings. The van der Waals surface area contributed by atoms with Gasteiger partial charge in [-0.25, -0.2) is 9.97 Å². The molecule has 2 heterocycles. The van der Waals surface area contributed by atoms with Crippen molar-refractivity contribution in [3.05, 3.63) is 23.3 Å². The number of carbonyl (C=O) groups is 2. The number of nitrogens with zero attached hydrogens (tertiary/aromatic N) is 3. The van der Waals surface area contributed by atoms with Crippen LogP contribution in [0.25, 0.3) is 0 Å². The quantitative estimate of drug-likeness (QED) is 0.782. The SMILES string of the molecule is NC(=O)CN1CCC[C@H](C(=O)NCc2ncc3c(n2)CCC3)C1. The van der Waals surface area contributed by atoms with Crippen molar-refractivity contribution in [3.63, 3.8) is 0 Å². The highest BCUT2D eigenvalue weighted by Gasteiger charge is 2.26. The summed E-state index contributed by atoms with van der Waals surface area (Å²) in [4.78, 5) is 34.1. The molecule has 1 fully saturated rings. The summed E-state index contributed by atoms with van der Waals surface area (Å²) in [6.45, 7) is 1.98. The molecule has 0 spiro atoms. The fourth-order valence-corrected chi connectivity index (χ4v) is 3.38. The van der Waals surface area contributed by atoms with Crippen LogP contribution in [0.5, 0.6) is 0 Å². The van der Waals surface area contributed by atoms with Crippen LogP contribution in [0, 0.1) is 5.92 Å². The second-order valence-corrected chi connectivity index (χ2v) is 6.37. The van der Waals surface area contributed by atoms with Crippen molar-refractivity contribution in [2.75, 3.05) is 19.6 Å². The Morgan fingerprint density at radius 3 is 3.04 bits per heavy atom. The van der Waals surface area contributed by atoms with E-state index in [2.05, 4.69) is 15.3 Å². The lowest BCUT2D eigenvalue weighted by Gasteiger charge is -2.30. The second-order valence-electron chi connectivity index (χ2n) is 6.37. The third-order valence-electron chi connectivity index (χ3n) is 4.54. The lowest BCUT2D eigenvalue weighted by molar-refractivity contribution is -0.128. The van der Waals surface area contributed by atoms with Gasteiger partial charge in [0.2, 0.25) is 11.8 Å². The molecule has 7 nitrogen and oxygen atoms in total. The average Bonchev–Trinajstić information content (AvgIpc) is 3.00.